The normalized spacial score (nSPS) is 13.0. The Bertz CT molecular complexity index is 1320. The Balaban J connectivity index is 1.70. The first-order valence-electron chi connectivity index (χ1n) is 14.7. The standard InChI is InChI=1S/C34H43N3O6/c1-3-10-26(22-32(39)35-16-18-42-19-17-38)33(40)37-29(21-28-23-36-31-15-9-8-14-30(28)31)24-43-34(41)27(11-4-2)20-25-12-6-5-7-13-25/h3-9,12-15,23,26-27,29,36,38H,1-2,10-11,16-22,24H2,(H,35,39)(H,37,40)/t26-,27+,29+/m1/s1. The Kier molecular flexibility index (Phi) is 14.2. The molecular weight excluding hydrogens is 546 g/mol. The summed E-state index contributed by atoms with van der Waals surface area (Å²) in [5.41, 5.74) is 2.97. The van der Waals surface area contributed by atoms with Crippen molar-refractivity contribution in [2.24, 2.45) is 11.8 Å². The lowest BCUT2D eigenvalue weighted by Gasteiger charge is -2.23. The van der Waals surface area contributed by atoms with E-state index < -0.39 is 17.9 Å². The first-order chi connectivity index (χ1) is 20.9. The van der Waals surface area contributed by atoms with Gasteiger partial charge in [0.25, 0.3) is 0 Å². The van der Waals surface area contributed by atoms with Crippen molar-refractivity contribution in [2.45, 2.75) is 38.1 Å². The van der Waals surface area contributed by atoms with Gasteiger partial charge in [-0.1, -0.05) is 60.7 Å². The van der Waals surface area contributed by atoms with Crippen LogP contribution in [0.3, 0.4) is 0 Å². The quantitative estimate of drug-likeness (QED) is 0.0900. The summed E-state index contributed by atoms with van der Waals surface area (Å²) in [4.78, 5) is 42.5. The van der Waals surface area contributed by atoms with Gasteiger partial charge in [0.2, 0.25) is 11.8 Å². The molecule has 2 amide bonds. The maximum absolute atomic E-state index is 13.5. The number of aromatic amines is 1. The average molecular weight is 590 g/mol. The number of fused-ring (bicyclic) bond motifs is 1. The van der Waals surface area contributed by atoms with E-state index in [0.717, 1.165) is 22.0 Å². The van der Waals surface area contributed by atoms with Crippen LogP contribution in [0.1, 0.15) is 30.4 Å². The molecule has 230 valence electrons. The summed E-state index contributed by atoms with van der Waals surface area (Å²) in [6.07, 6.45) is 6.90. The minimum atomic E-state index is -0.649. The Morgan fingerprint density at radius 3 is 2.40 bits per heavy atom. The molecule has 0 fully saturated rings. The number of aromatic nitrogens is 1. The molecule has 43 heavy (non-hydrogen) atoms. The number of esters is 1. The molecule has 0 bridgehead atoms. The number of hydrogen-bond acceptors (Lipinski definition) is 6. The molecule has 0 spiro atoms. The predicted molar refractivity (Wildman–Crippen MR) is 167 cm³/mol. The summed E-state index contributed by atoms with van der Waals surface area (Å²) in [6.45, 7) is 8.17. The van der Waals surface area contributed by atoms with Gasteiger partial charge < -0.3 is 30.2 Å². The summed E-state index contributed by atoms with van der Waals surface area (Å²) in [6, 6.07) is 17.1. The highest BCUT2D eigenvalue weighted by atomic mass is 16.5. The molecule has 3 rings (SSSR count). The summed E-state index contributed by atoms with van der Waals surface area (Å²) < 4.78 is 11.0. The van der Waals surface area contributed by atoms with Crippen molar-refractivity contribution in [2.75, 3.05) is 33.0 Å². The molecule has 1 aromatic heterocycles. The zero-order valence-electron chi connectivity index (χ0n) is 24.6. The SMILES string of the molecule is C=CC[C@H](CC(=O)NCCOCCO)C(=O)N[C@H](COC(=O)[C@@H](CC=C)Cc1ccccc1)Cc1c[nH]c2ccccc12. The molecule has 2 aromatic carbocycles. The van der Waals surface area contributed by atoms with E-state index in [-0.39, 0.29) is 57.2 Å². The average Bonchev–Trinajstić information content (AvgIpc) is 3.42. The van der Waals surface area contributed by atoms with Gasteiger partial charge in [0.05, 0.1) is 37.7 Å². The van der Waals surface area contributed by atoms with Crippen molar-refractivity contribution in [1.82, 2.24) is 15.6 Å². The molecule has 3 atom stereocenters. The number of para-hydroxylation sites is 1. The van der Waals surface area contributed by atoms with Gasteiger partial charge in [-0.25, -0.2) is 0 Å². The molecule has 0 aliphatic rings. The molecular formula is C34H43N3O6. The van der Waals surface area contributed by atoms with Crippen LogP contribution in [0.25, 0.3) is 10.9 Å². The fourth-order valence-electron chi connectivity index (χ4n) is 4.91. The van der Waals surface area contributed by atoms with Crippen molar-refractivity contribution in [1.29, 1.82) is 0 Å². The number of nitrogens with one attached hydrogen (secondary N) is 3. The molecule has 1 heterocycles. The molecule has 0 aliphatic carbocycles. The third-order valence-corrected chi connectivity index (χ3v) is 7.08. The Morgan fingerprint density at radius 2 is 1.65 bits per heavy atom. The monoisotopic (exact) mass is 589 g/mol. The predicted octanol–water partition coefficient (Wildman–Crippen LogP) is 3.88. The largest absolute Gasteiger partial charge is 0.463 e. The number of carbonyl (C=O) groups is 3. The summed E-state index contributed by atoms with van der Waals surface area (Å²) in [7, 11) is 0. The third kappa shape index (κ3) is 11.2. The highest BCUT2D eigenvalue weighted by molar-refractivity contribution is 5.86. The molecule has 9 heteroatoms. The van der Waals surface area contributed by atoms with E-state index >= 15 is 0 Å². The second-order valence-electron chi connectivity index (χ2n) is 10.4. The van der Waals surface area contributed by atoms with Crippen molar-refractivity contribution in [3.63, 3.8) is 0 Å². The maximum Gasteiger partial charge on any atom is 0.309 e. The first kappa shape index (κ1) is 33.3. The molecule has 3 aromatic rings. The first-order valence-corrected chi connectivity index (χ1v) is 14.7. The van der Waals surface area contributed by atoms with Gasteiger partial charge in [0.15, 0.2) is 0 Å². The molecule has 0 saturated carbocycles. The van der Waals surface area contributed by atoms with E-state index in [0.29, 0.717) is 25.7 Å². The fraction of sp³-hybridized carbons (Fsp3) is 0.382. The van der Waals surface area contributed by atoms with Crippen LogP contribution in [0.5, 0.6) is 0 Å². The summed E-state index contributed by atoms with van der Waals surface area (Å²) in [5, 5.41) is 15.6. The van der Waals surface area contributed by atoms with Gasteiger partial charge in [0.1, 0.15) is 6.61 Å². The van der Waals surface area contributed by atoms with E-state index in [1.54, 1.807) is 12.2 Å². The number of aliphatic hydroxyl groups excluding tert-OH is 1. The van der Waals surface area contributed by atoms with Gasteiger partial charge >= 0.3 is 5.97 Å². The van der Waals surface area contributed by atoms with E-state index in [1.165, 1.54) is 0 Å². The fourth-order valence-corrected chi connectivity index (χ4v) is 4.91. The van der Waals surface area contributed by atoms with Crippen molar-refractivity contribution in [3.05, 3.63) is 97.2 Å². The van der Waals surface area contributed by atoms with Crippen LogP contribution in [0.4, 0.5) is 0 Å². The van der Waals surface area contributed by atoms with E-state index in [2.05, 4.69) is 28.8 Å². The maximum atomic E-state index is 13.5. The zero-order valence-corrected chi connectivity index (χ0v) is 24.6. The molecule has 4 N–H and O–H groups in total. The number of ether oxygens (including phenoxy) is 2. The van der Waals surface area contributed by atoms with E-state index in [9.17, 15) is 14.4 Å². The molecule has 0 aliphatic heterocycles. The summed E-state index contributed by atoms with van der Waals surface area (Å²) >= 11 is 0. The number of hydrogen-bond donors (Lipinski definition) is 4. The number of carbonyl (C=O) groups excluding carboxylic acids is 3. The number of rotatable bonds is 20. The van der Waals surface area contributed by atoms with Crippen LogP contribution in [-0.2, 0) is 36.7 Å². The molecule has 0 radical (unpaired) electrons. The summed E-state index contributed by atoms with van der Waals surface area (Å²) in [5.74, 6) is -2.01. The van der Waals surface area contributed by atoms with Gasteiger partial charge in [0, 0.05) is 30.1 Å². The van der Waals surface area contributed by atoms with Crippen molar-refractivity contribution in [3.8, 4) is 0 Å². The number of benzene rings is 2. The Morgan fingerprint density at radius 1 is 0.930 bits per heavy atom. The Labute approximate surface area is 253 Å². The van der Waals surface area contributed by atoms with Crippen molar-refractivity contribution < 1.29 is 29.0 Å². The minimum absolute atomic E-state index is 0.0261. The molecule has 9 nitrogen and oxygen atoms in total. The van der Waals surface area contributed by atoms with E-state index in [4.69, 9.17) is 14.6 Å². The highest BCUT2D eigenvalue weighted by Crippen LogP contribution is 2.21. The van der Waals surface area contributed by atoms with Crippen molar-refractivity contribution >= 4 is 28.7 Å². The lowest BCUT2D eigenvalue weighted by Crippen LogP contribution is -2.44. The lowest BCUT2D eigenvalue weighted by atomic mass is 9.96. The van der Waals surface area contributed by atoms with Gasteiger partial charge in [-0.3, -0.25) is 14.4 Å². The van der Waals surface area contributed by atoms with Crippen LogP contribution in [-0.4, -0.2) is 66.9 Å². The Hall–Kier alpha value is -4.21. The van der Waals surface area contributed by atoms with Gasteiger partial charge in [-0.15, -0.1) is 13.2 Å². The molecule has 0 unspecified atom stereocenters. The zero-order chi connectivity index (χ0) is 30.9. The van der Waals surface area contributed by atoms with Crippen LogP contribution < -0.4 is 10.6 Å². The lowest BCUT2D eigenvalue weighted by molar-refractivity contribution is -0.149. The minimum Gasteiger partial charge on any atom is -0.463 e. The number of allylic oxidation sites excluding steroid dienone is 2. The highest BCUT2D eigenvalue weighted by Gasteiger charge is 2.26. The third-order valence-electron chi connectivity index (χ3n) is 7.08. The number of aliphatic hydroxyl groups is 1. The van der Waals surface area contributed by atoms with E-state index in [1.807, 2.05) is 60.8 Å². The topological polar surface area (TPSA) is 130 Å². The molecule has 0 saturated heterocycles. The van der Waals surface area contributed by atoms with Crippen LogP contribution in [0.15, 0.2) is 86.1 Å². The second kappa shape index (κ2) is 18.4. The van der Waals surface area contributed by atoms with Gasteiger partial charge in [-0.05, 0) is 42.9 Å². The van der Waals surface area contributed by atoms with Crippen LogP contribution >= 0.6 is 0 Å². The number of H-pyrrole nitrogens is 1. The second-order valence-corrected chi connectivity index (χ2v) is 10.4. The number of amides is 2. The van der Waals surface area contributed by atoms with Crippen LogP contribution in [0.2, 0.25) is 0 Å². The van der Waals surface area contributed by atoms with Crippen LogP contribution in [0, 0.1) is 11.8 Å². The van der Waals surface area contributed by atoms with Gasteiger partial charge in [-0.2, -0.15) is 0 Å². The smallest absolute Gasteiger partial charge is 0.309 e.